The molecule has 1 aromatic carbocycles. The molecule has 10 heteroatoms. The van der Waals surface area contributed by atoms with Gasteiger partial charge >= 0.3 is 0 Å². The first kappa shape index (κ1) is 18.5. The van der Waals surface area contributed by atoms with E-state index in [1.54, 1.807) is 0 Å². The molecule has 0 spiro atoms. The topological polar surface area (TPSA) is 66.9 Å². The molecule has 2 saturated heterocycles. The van der Waals surface area contributed by atoms with Crippen LogP contribution in [0.1, 0.15) is 6.42 Å². The number of nitrogens with zero attached hydrogens (tertiary/aromatic N) is 2. The number of carbonyl (C=O) groups is 1. The number of rotatable bonds is 3. The second-order valence-electron chi connectivity index (χ2n) is 5.94. The summed E-state index contributed by atoms with van der Waals surface area (Å²) in [7, 11) is -4.18. The molecule has 2 fully saturated rings. The van der Waals surface area contributed by atoms with Gasteiger partial charge in [-0.3, -0.25) is 4.79 Å². The van der Waals surface area contributed by atoms with E-state index in [1.165, 1.54) is 4.90 Å². The van der Waals surface area contributed by atoms with Gasteiger partial charge in [0, 0.05) is 26.1 Å². The van der Waals surface area contributed by atoms with Gasteiger partial charge < -0.3 is 9.64 Å². The zero-order valence-corrected chi connectivity index (χ0v) is 14.8. The van der Waals surface area contributed by atoms with Gasteiger partial charge in [-0.1, -0.05) is 11.6 Å². The first-order valence-corrected chi connectivity index (χ1v) is 9.60. The van der Waals surface area contributed by atoms with Crippen LogP contribution in [0.5, 0.6) is 0 Å². The van der Waals surface area contributed by atoms with E-state index in [1.807, 2.05) is 0 Å². The van der Waals surface area contributed by atoms with Crippen LogP contribution in [0, 0.1) is 5.82 Å². The number of halogens is 3. The van der Waals surface area contributed by atoms with Crippen molar-refractivity contribution in [2.45, 2.75) is 23.5 Å². The molecular formula is C15H17ClF2N2O4S. The Hall–Kier alpha value is -1.29. The van der Waals surface area contributed by atoms with Crippen LogP contribution in [0.15, 0.2) is 23.1 Å². The van der Waals surface area contributed by atoms with Crippen LogP contribution in [-0.4, -0.2) is 68.6 Å². The van der Waals surface area contributed by atoms with E-state index in [4.69, 9.17) is 16.3 Å². The molecule has 0 saturated carbocycles. The van der Waals surface area contributed by atoms with Crippen LogP contribution in [-0.2, 0) is 19.6 Å². The van der Waals surface area contributed by atoms with E-state index < -0.39 is 40.5 Å². The van der Waals surface area contributed by atoms with Crippen molar-refractivity contribution in [3.63, 3.8) is 0 Å². The number of sulfonamides is 1. The minimum absolute atomic E-state index is 0.204. The molecule has 1 aromatic rings. The van der Waals surface area contributed by atoms with Crippen molar-refractivity contribution < 1.29 is 26.7 Å². The van der Waals surface area contributed by atoms with Gasteiger partial charge in [0.1, 0.15) is 18.0 Å². The van der Waals surface area contributed by atoms with E-state index in [0.717, 1.165) is 22.5 Å². The number of morpholine rings is 1. The Balaban J connectivity index is 1.89. The van der Waals surface area contributed by atoms with Crippen LogP contribution in [0.4, 0.5) is 8.78 Å². The fourth-order valence-corrected chi connectivity index (χ4v) is 4.91. The van der Waals surface area contributed by atoms with Crippen molar-refractivity contribution in [2.75, 3.05) is 32.8 Å². The summed E-state index contributed by atoms with van der Waals surface area (Å²) >= 11 is 5.65. The molecule has 0 unspecified atom stereocenters. The zero-order valence-electron chi connectivity index (χ0n) is 13.2. The minimum Gasteiger partial charge on any atom is -0.378 e. The Bertz CT molecular complexity index is 771. The third kappa shape index (κ3) is 3.64. The lowest BCUT2D eigenvalue weighted by Gasteiger charge is -2.32. The summed E-state index contributed by atoms with van der Waals surface area (Å²) < 4.78 is 58.9. The van der Waals surface area contributed by atoms with E-state index in [0.29, 0.717) is 26.3 Å². The van der Waals surface area contributed by atoms with Gasteiger partial charge in [0.05, 0.1) is 23.1 Å². The van der Waals surface area contributed by atoms with Gasteiger partial charge in [0.2, 0.25) is 15.9 Å². The average molecular weight is 395 g/mol. The molecule has 2 aliphatic rings. The highest BCUT2D eigenvalue weighted by molar-refractivity contribution is 7.89. The lowest BCUT2D eigenvalue weighted by molar-refractivity contribution is -0.138. The first-order chi connectivity index (χ1) is 11.8. The predicted octanol–water partition coefficient (Wildman–Crippen LogP) is 1.44. The molecule has 25 heavy (non-hydrogen) atoms. The third-order valence-corrected chi connectivity index (χ3v) is 6.47. The SMILES string of the molecule is O=C([C@H]1C[C@@H](F)CN1S(=O)(=O)c1ccc(F)c(Cl)c1)N1CCOCC1. The van der Waals surface area contributed by atoms with E-state index in [-0.39, 0.29) is 16.3 Å². The molecular weight excluding hydrogens is 378 g/mol. The molecule has 0 aliphatic carbocycles. The summed E-state index contributed by atoms with van der Waals surface area (Å²) in [6.45, 7) is 0.971. The zero-order chi connectivity index (χ0) is 18.2. The Labute approximate surface area is 149 Å². The van der Waals surface area contributed by atoms with Crippen LogP contribution in [0.2, 0.25) is 5.02 Å². The number of amides is 1. The van der Waals surface area contributed by atoms with Gasteiger partial charge in [0.15, 0.2) is 0 Å². The monoisotopic (exact) mass is 394 g/mol. The number of alkyl halides is 1. The lowest BCUT2D eigenvalue weighted by Crippen LogP contribution is -2.50. The fourth-order valence-electron chi connectivity index (χ4n) is 3.01. The maximum absolute atomic E-state index is 14.0. The van der Waals surface area contributed by atoms with Gasteiger partial charge in [-0.05, 0) is 18.2 Å². The molecule has 2 heterocycles. The smallest absolute Gasteiger partial charge is 0.243 e. The number of benzene rings is 1. The summed E-state index contributed by atoms with van der Waals surface area (Å²) in [5, 5.41) is -0.354. The molecule has 0 aromatic heterocycles. The Morgan fingerprint density at radius 3 is 2.60 bits per heavy atom. The summed E-state index contributed by atoms with van der Waals surface area (Å²) in [6, 6.07) is 1.82. The molecule has 2 atom stereocenters. The maximum atomic E-state index is 14.0. The summed E-state index contributed by atoms with van der Waals surface area (Å²) in [6.07, 6.45) is -1.65. The highest BCUT2D eigenvalue weighted by atomic mass is 35.5. The second-order valence-corrected chi connectivity index (χ2v) is 8.23. The van der Waals surface area contributed by atoms with Crippen LogP contribution in [0.25, 0.3) is 0 Å². The van der Waals surface area contributed by atoms with Gasteiger partial charge in [-0.15, -0.1) is 0 Å². The Morgan fingerprint density at radius 2 is 1.96 bits per heavy atom. The van der Waals surface area contributed by atoms with Crippen molar-refractivity contribution in [3.05, 3.63) is 29.0 Å². The second kappa shape index (κ2) is 7.14. The van der Waals surface area contributed by atoms with E-state index in [9.17, 15) is 22.0 Å². The van der Waals surface area contributed by atoms with Crippen molar-refractivity contribution >= 4 is 27.5 Å². The highest BCUT2D eigenvalue weighted by Crippen LogP contribution is 2.30. The number of carbonyl (C=O) groups excluding carboxylic acids is 1. The number of hydrogen-bond donors (Lipinski definition) is 0. The highest BCUT2D eigenvalue weighted by Gasteiger charge is 2.45. The predicted molar refractivity (Wildman–Crippen MR) is 86.0 cm³/mol. The largest absolute Gasteiger partial charge is 0.378 e. The quantitative estimate of drug-likeness (QED) is 0.778. The molecule has 0 radical (unpaired) electrons. The Morgan fingerprint density at radius 1 is 1.28 bits per heavy atom. The summed E-state index contributed by atoms with van der Waals surface area (Å²) in [5.74, 6) is -1.20. The van der Waals surface area contributed by atoms with Crippen molar-refractivity contribution in [1.29, 1.82) is 0 Å². The van der Waals surface area contributed by atoms with Crippen LogP contribution in [0.3, 0.4) is 0 Å². The van der Waals surface area contributed by atoms with Crippen molar-refractivity contribution in [2.24, 2.45) is 0 Å². The van der Waals surface area contributed by atoms with E-state index >= 15 is 0 Å². The summed E-state index contributed by atoms with van der Waals surface area (Å²) in [4.78, 5) is 13.9. The molecule has 138 valence electrons. The lowest BCUT2D eigenvalue weighted by atomic mass is 10.2. The molecule has 0 N–H and O–H groups in total. The number of ether oxygens (including phenoxy) is 1. The maximum Gasteiger partial charge on any atom is 0.243 e. The molecule has 0 bridgehead atoms. The Kier molecular flexibility index (Phi) is 5.29. The fraction of sp³-hybridized carbons (Fsp3) is 0.533. The average Bonchev–Trinajstić information content (AvgIpc) is 3.00. The summed E-state index contributed by atoms with van der Waals surface area (Å²) in [5.41, 5.74) is 0. The molecule has 3 rings (SSSR count). The third-order valence-electron chi connectivity index (χ3n) is 4.31. The van der Waals surface area contributed by atoms with Gasteiger partial charge in [0.25, 0.3) is 0 Å². The molecule has 6 nitrogen and oxygen atoms in total. The molecule has 1 amide bonds. The normalized spacial score (nSPS) is 25.3. The van der Waals surface area contributed by atoms with Crippen molar-refractivity contribution in [1.82, 2.24) is 9.21 Å². The van der Waals surface area contributed by atoms with Crippen molar-refractivity contribution in [3.8, 4) is 0 Å². The number of hydrogen-bond acceptors (Lipinski definition) is 4. The van der Waals surface area contributed by atoms with Crippen LogP contribution < -0.4 is 0 Å². The standard InChI is InChI=1S/C15H17ClF2N2O4S/c16-12-8-11(1-2-13(12)18)25(22,23)20-9-10(17)7-14(20)15(21)19-3-5-24-6-4-19/h1-2,8,10,14H,3-7,9H2/t10-,14-/m1/s1. The van der Waals surface area contributed by atoms with Crippen LogP contribution >= 0.6 is 11.6 Å². The van der Waals surface area contributed by atoms with Gasteiger partial charge in [-0.25, -0.2) is 17.2 Å². The molecule has 2 aliphatic heterocycles. The first-order valence-electron chi connectivity index (χ1n) is 7.78. The minimum atomic E-state index is -4.18. The van der Waals surface area contributed by atoms with E-state index in [2.05, 4.69) is 0 Å². The van der Waals surface area contributed by atoms with Gasteiger partial charge in [-0.2, -0.15) is 4.31 Å².